The quantitative estimate of drug-likeness (QED) is 0.477. The Labute approximate surface area is 117 Å². The molecule has 0 saturated heterocycles. The molecule has 0 spiro atoms. The van der Waals surface area contributed by atoms with Crippen LogP contribution in [0.15, 0.2) is 0 Å². The van der Waals surface area contributed by atoms with E-state index < -0.39 is 24.3 Å². The molecule has 0 aromatic carbocycles. The molecule has 2 nitrogen and oxygen atoms in total. The molecule has 0 fully saturated rings. The Balaban J connectivity index is 4.55. The van der Waals surface area contributed by atoms with Gasteiger partial charge in [-0.15, -0.1) is 0 Å². The second kappa shape index (κ2) is 11.1. The van der Waals surface area contributed by atoms with Gasteiger partial charge in [-0.3, -0.25) is 0 Å². The first-order chi connectivity index (χ1) is 8.60. The molecule has 0 aliphatic carbocycles. The van der Waals surface area contributed by atoms with Crippen molar-refractivity contribution in [3.63, 3.8) is 0 Å². The van der Waals surface area contributed by atoms with Crippen molar-refractivity contribution < 1.29 is 9.90 Å². The van der Waals surface area contributed by atoms with Gasteiger partial charge >= 0.3 is 118 Å². The second-order valence-electron chi connectivity index (χ2n) is 5.70. The third-order valence-electron chi connectivity index (χ3n) is 4.05. The first-order valence-corrected chi connectivity index (χ1v) is 15.9. The van der Waals surface area contributed by atoms with Crippen molar-refractivity contribution in [2.24, 2.45) is 0 Å². The van der Waals surface area contributed by atoms with Gasteiger partial charge in [-0.05, 0) is 0 Å². The number of rotatable bonds is 12. The van der Waals surface area contributed by atoms with Crippen molar-refractivity contribution in [3.05, 3.63) is 0 Å². The molecular weight excluding hydrogens is 331 g/mol. The van der Waals surface area contributed by atoms with E-state index in [1.807, 2.05) is 0 Å². The Morgan fingerprint density at radius 2 is 1.22 bits per heavy atom. The molecule has 1 N–H and O–H groups in total. The van der Waals surface area contributed by atoms with E-state index in [0.29, 0.717) is 6.42 Å². The van der Waals surface area contributed by atoms with Gasteiger partial charge < -0.3 is 0 Å². The number of unbranched alkanes of at least 4 members (excludes halogenated alkanes) is 3. The maximum absolute atomic E-state index is 10.9. The van der Waals surface area contributed by atoms with Crippen LogP contribution < -0.4 is 0 Å². The van der Waals surface area contributed by atoms with Gasteiger partial charge in [0.1, 0.15) is 0 Å². The third-order valence-corrected chi connectivity index (χ3v) is 19.9. The zero-order valence-corrected chi connectivity index (χ0v) is 15.5. The molecule has 0 aromatic rings. The molecule has 0 radical (unpaired) electrons. The SMILES string of the molecule is CCC[CH2][Sn]([CH2]CCC)([CH2]CCC)[CH2]CC(=O)O. The summed E-state index contributed by atoms with van der Waals surface area (Å²) in [5, 5.41) is 8.99. The summed E-state index contributed by atoms with van der Waals surface area (Å²) in [5.74, 6) is -0.583. The number of carbonyl (C=O) groups is 1. The average Bonchev–Trinajstić information content (AvgIpc) is 2.37. The normalized spacial score (nSPS) is 11.7. The summed E-state index contributed by atoms with van der Waals surface area (Å²) in [6, 6.07) is 0. The van der Waals surface area contributed by atoms with Gasteiger partial charge in [0, 0.05) is 0 Å². The van der Waals surface area contributed by atoms with Gasteiger partial charge in [-0.2, -0.15) is 0 Å². The number of carboxylic acids is 1. The Hall–Kier alpha value is 0.269. The molecule has 0 rings (SSSR count). The molecule has 18 heavy (non-hydrogen) atoms. The average molecular weight is 363 g/mol. The van der Waals surface area contributed by atoms with Crippen LogP contribution in [-0.4, -0.2) is 29.5 Å². The van der Waals surface area contributed by atoms with Gasteiger partial charge in [0.2, 0.25) is 0 Å². The van der Waals surface area contributed by atoms with E-state index >= 15 is 0 Å². The number of carboxylic acid groups (broad SMARTS) is 1. The molecule has 0 aliphatic rings. The number of hydrogen-bond donors (Lipinski definition) is 1. The molecule has 0 bridgehead atoms. The van der Waals surface area contributed by atoms with Gasteiger partial charge in [-0.25, -0.2) is 0 Å². The first-order valence-electron chi connectivity index (χ1n) is 7.82. The molecule has 108 valence electrons. The second-order valence-corrected chi connectivity index (χ2v) is 20.0. The van der Waals surface area contributed by atoms with Gasteiger partial charge in [0.05, 0.1) is 0 Å². The predicted molar refractivity (Wildman–Crippen MR) is 82.0 cm³/mol. The zero-order valence-electron chi connectivity index (χ0n) is 12.6. The molecule has 0 amide bonds. The van der Waals surface area contributed by atoms with Crippen LogP contribution in [-0.2, 0) is 4.79 Å². The topological polar surface area (TPSA) is 37.3 Å². The van der Waals surface area contributed by atoms with E-state index in [1.165, 1.54) is 51.8 Å². The van der Waals surface area contributed by atoms with Gasteiger partial charge in [0.15, 0.2) is 0 Å². The third kappa shape index (κ3) is 8.38. The van der Waals surface area contributed by atoms with Crippen LogP contribution in [0.5, 0.6) is 0 Å². The summed E-state index contributed by atoms with van der Waals surface area (Å²) in [7, 11) is 0. The fourth-order valence-corrected chi connectivity index (χ4v) is 18.6. The van der Waals surface area contributed by atoms with Crippen molar-refractivity contribution in [1.29, 1.82) is 0 Å². The monoisotopic (exact) mass is 364 g/mol. The first kappa shape index (κ1) is 18.3. The van der Waals surface area contributed by atoms with E-state index in [0.717, 1.165) is 4.44 Å². The van der Waals surface area contributed by atoms with E-state index in [1.54, 1.807) is 0 Å². The molecule has 0 atom stereocenters. The standard InChI is InChI=1S/3C4H9.C3H5O2.Sn/c3*1-3-4-2;1-2-3(4)5;/h3*1,3-4H2,2H3;1-2H2,(H,4,5);. The summed E-state index contributed by atoms with van der Waals surface area (Å²) >= 11 is -2.13. The molecule has 0 saturated carbocycles. The summed E-state index contributed by atoms with van der Waals surface area (Å²) in [4.78, 5) is 10.9. The van der Waals surface area contributed by atoms with E-state index in [4.69, 9.17) is 5.11 Å². The molecule has 0 aliphatic heterocycles. The Bertz CT molecular complexity index is 195. The summed E-state index contributed by atoms with van der Waals surface area (Å²) < 4.78 is 5.37. The van der Waals surface area contributed by atoms with Gasteiger partial charge in [0.25, 0.3) is 0 Å². The van der Waals surface area contributed by atoms with Crippen LogP contribution in [0, 0.1) is 0 Å². The van der Waals surface area contributed by atoms with Crippen LogP contribution in [0.1, 0.15) is 65.7 Å². The van der Waals surface area contributed by atoms with Gasteiger partial charge in [-0.1, -0.05) is 0 Å². The number of aliphatic carboxylic acids is 1. The maximum atomic E-state index is 10.9. The van der Waals surface area contributed by atoms with Crippen LogP contribution in [0.2, 0.25) is 17.7 Å². The van der Waals surface area contributed by atoms with Crippen LogP contribution >= 0.6 is 0 Å². The molecule has 0 unspecified atom stereocenters. The van der Waals surface area contributed by atoms with Crippen LogP contribution in [0.4, 0.5) is 0 Å². The fourth-order valence-electron chi connectivity index (χ4n) is 2.78. The molecule has 0 heterocycles. The summed E-state index contributed by atoms with van der Waals surface area (Å²) in [6.45, 7) is 6.77. The molecular formula is C15H32O2Sn. The summed E-state index contributed by atoms with van der Waals surface area (Å²) in [6.07, 6.45) is 8.25. The number of hydrogen-bond acceptors (Lipinski definition) is 1. The fraction of sp³-hybridized carbons (Fsp3) is 0.933. The van der Waals surface area contributed by atoms with Crippen LogP contribution in [0.25, 0.3) is 0 Å². The predicted octanol–water partition coefficient (Wildman–Crippen LogP) is 5.31. The Morgan fingerprint density at radius 1 is 0.833 bits per heavy atom. The zero-order chi connectivity index (χ0) is 13.9. The van der Waals surface area contributed by atoms with Crippen molar-refractivity contribution in [2.75, 3.05) is 0 Å². The van der Waals surface area contributed by atoms with Crippen molar-refractivity contribution >= 4 is 24.3 Å². The minimum absolute atomic E-state index is 0.438. The summed E-state index contributed by atoms with van der Waals surface area (Å²) in [5.41, 5.74) is 0. The van der Waals surface area contributed by atoms with Crippen LogP contribution in [0.3, 0.4) is 0 Å². The van der Waals surface area contributed by atoms with Crippen molar-refractivity contribution in [3.8, 4) is 0 Å². The molecule has 0 aromatic heterocycles. The van der Waals surface area contributed by atoms with Crippen molar-refractivity contribution in [2.45, 2.75) is 83.5 Å². The molecule has 3 heteroatoms. The minimum atomic E-state index is -2.13. The van der Waals surface area contributed by atoms with E-state index in [2.05, 4.69) is 20.8 Å². The Morgan fingerprint density at radius 3 is 1.50 bits per heavy atom. The Kier molecular flexibility index (Phi) is 11.3. The van der Waals surface area contributed by atoms with E-state index in [9.17, 15) is 4.79 Å². The van der Waals surface area contributed by atoms with E-state index in [-0.39, 0.29) is 0 Å². The van der Waals surface area contributed by atoms with Crippen molar-refractivity contribution in [1.82, 2.24) is 0 Å².